The van der Waals surface area contributed by atoms with E-state index in [1.54, 1.807) is 0 Å². The summed E-state index contributed by atoms with van der Waals surface area (Å²) in [5.74, 6) is 1.42. The summed E-state index contributed by atoms with van der Waals surface area (Å²) in [4.78, 5) is 12.6. The van der Waals surface area contributed by atoms with Crippen LogP contribution < -0.4 is 0 Å². The number of fused-ring (bicyclic) bond motifs is 2. The minimum Gasteiger partial charge on any atom is -0.294 e. The highest BCUT2D eigenvalue weighted by molar-refractivity contribution is 7.99. The van der Waals surface area contributed by atoms with Crippen LogP contribution in [0.25, 0.3) is 11.1 Å². The lowest BCUT2D eigenvalue weighted by atomic mass is 9.80. The predicted molar refractivity (Wildman–Crippen MR) is 88.9 cm³/mol. The van der Waals surface area contributed by atoms with Crippen molar-refractivity contribution in [3.8, 4) is 11.1 Å². The zero-order valence-electron chi connectivity index (χ0n) is 12.2. The van der Waals surface area contributed by atoms with Crippen molar-refractivity contribution in [3.63, 3.8) is 0 Å². The molecule has 0 amide bonds. The quantitative estimate of drug-likeness (QED) is 0.721. The van der Waals surface area contributed by atoms with Gasteiger partial charge in [-0.25, -0.2) is 0 Å². The van der Waals surface area contributed by atoms with Crippen LogP contribution in [0.3, 0.4) is 0 Å². The summed E-state index contributed by atoms with van der Waals surface area (Å²) in [6, 6.07) is 12.8. The molecule has 1 atom stereocenters. The lowest BCUT2D eigenvalue weighted by Crippen LogP contribution is -2.14. The Morgan fingerprint density at radius 2 is 1.86 bits per heavy atom. The third-order valence-electron chi connectivity index (χ3n) is 4.62. The molecule has 1 unspecified atom stereocenters. The van der Waals surface area contributed by atoms with Gasteiger partial charge in [0.05, 0.1) is 0 Å². The third-order valence-corrected chi connectivity index (χ3v) is 5.83. The number of benzene rings is 2. The van der Waals surface area contributed by atoms with E-state index < -0.39 is 0 Å². The van der Waals surface area contributed by atoms with Crippen molar-refractivity contribution in [1.29, 1.82) is 0 Å². The first-order valence-electron chi connectivity index (χ1n) is 7.64. The maximum Gasteiger partial charge on any atom is 0.163 e. The maximum atomic E-state index is 12.6. The van der Waals surface area contributed by atoms with Gasteiger partial charge in [-0.15, -0.1) is 11.8 Å². The van der Waals surface area contributed by atoms with E-state index in [2.05, 4.69) is 37.3 Å². The molecule has 0 spiro atoms. The molecule has 0 radical (unpaired) electrons. The van der Waals surface area contributed by atoms with Crippen LogP contribution in [0, 0.1) is 0 Å². The second kappa shape index (κ2) is 5.03. The highest BCUT2D eigenvalue weighted by Gasteiger charge is 2.30. The van der Waals surface area contributed by atoms with Gasteiger partial charge >= 0.3 is 0 Å². The largest absolute Gasteiger partial charge is 0.294 e. The van der Waals surface area contributed by atoms with Crippen molar-refractivity contribution < 1.29 is 4.79 Å². The zero-order chi connectivity index (χ0) is 14.4. The molecule has 2 aliphatic rings. The molecule has 106 valence electrons. The van der Waals surface area contributed by atoms with Crippen LogP contribution in [0.1, 0.15) is 52.1 Å². The summed E-state index contributed by atoms with van der Waals surface area (Å²) < 4.78 is 0. The van der Waals surface area contributed by atoms with Crippen molar-refractivity contribution in [3.05, 3.63) is 58.7 Å². The molecule has 2 heteroatoms. The Kier molecular flexibility index (Phi) is 3.15. The van der Waals surface area contributed by atoms with Crippen molar-refractivity contribution >= 4 is 17.5 Å². The highest BCUT2D eigenvalue weighted by atomic mass is 32.2. The number of hydrogen-bond donors (Lipinski definition) is 0. The fraction of sp³-hybridized carbons (Fsp3) is 0.316. The van der Waals surface area contributed by atoms with Crippen LogP contribution in [-0.2, 0) is 12.2 Å². The van der Waals surface area contributed by atoms with Gasteiger partial charge in [0, 0.05) is 23.0 Å². The molecule has 2 aromatic rings. The van der Waals surface area contributed by atoms with Gasteiger partial charge in [0.15, 0.2) is 5.78 Å². The van der Waals surface area contributed by atoms with Crippen molar-refractivity contribution in [1.82, 2.24) is 0 Å². The topological polar surface area (TPSA) is 17.1 Å². The van der Waals surface area contributed by atoms with E-state index >= 15 is 0 Å². The standard InChI is InChI=1S/C19H18OS/c1-12-17-15(11-21-12)10-14-8-5-9-16(20)18(14)19(17)13-6-3-2-4-7-13/h2-4,6-7,10,12H,5,8-9,11H2,1H3. The van der Waals surface area contributed by atoms with Gasteiger partial charge in [0.2, 0.25) is 0 Å². The summed E-state index contributed by atoms with van der Waals surface area (Å²) in [5.41, 5.74) is 7.57. The number of hydrogen-bond acceptors (Lipinski definition) is 2. The second-order valence-electron chi connectivity index (χ2n) is 5.95. The molecule has 0 bridgehead atoms. The molecular formula is C19H18OS. The smallest absolute Gasteiger partial charge is 0.163 e. The molecule has 0 saturated carbocycles. The van der Waals surface area contributed by atoms with E-state index in [1.807, 2.05) is 17.8 Å². The summed E-state index contributed by atoms with van der Waals surface area (Å²) in [5, 5.41) is 0.482. The Morgan fingerprint density at radius 1 is 1.05 bits per heavy atom. The Hall–Kier alpha value is -1.54. The molecule has 1 nitrogen and oxygen atoms in total. The van der Waals surface area contributed by atoms with Gasteiger partial charge in [0.1, 0.15) is 0 Å². The number of carbonyl (C=O) groups is 1. The first kappa shape index (κ1) is 13.1. The van der Waals surface area contributed by atoms with Gasteiger partial charge in [-0.05, 0) is 47.6 Å². The monoisotopic (exact) mass is 294 g/mol. The molecule has 2 aromatic carbocycles. The number of aryl methyl sites for hydroxylation is 1. The number of carbonyl (C=O) groups excluding carboxylic acids is 1. The van der Waals surface area contributed by atoms with Gasteiger partial charge in [0.25, 0.3) is 0 Å². The van der Waals surface area contributed by atoms with E-state index in [1.165, 1.54) is 27.8 Å². The van der Waals surface area contributed by atoms with Gasteiger partial charge in [-0.1, -0.05) is 36.4 Å². The summed E-state index contributed by atoms with van der Waals surface area (Å²) in [6.07, 6.45) is 2.75. The Bertz CT molecular complexity index is 718. The second-order valence-corrected chi connectivity index (χ2v) is 7.28. The molecule has 21 heavy (non-hydrogen) atoms. The number of Topliss-reactive ketones (excluding diaryl/α,β-unsaturated/α-hetero) is 1. The van der Waals surface area contributed by atoms with Gasteiger partial charge in [-0.2, -0.15) is 0 Å². The van der Waals surface area contributed by atoms with Crippen molar-refractivity contribution in [2.45, 2.75) is 37.2 Å². The van der Waals surface area contributed by atoms with Crippen LogP contribution >= 0.6 is 11.8 Å². The van der Waals surface area contributed by atoms with E-state index in [4.69, 9.17) is 0 Å². The first-order chi connectivity index (χ1) is 10.3. The molecular weight excluding hydrogens is 276 g/mol. The minimum absolute atomic E-state index is 0.335. The fourth-order valence-electron chi connectivity index (χ4n) is 3.68. The zero-order valence-corrected chi connectivity index (χ0v) is 13.0. The van der Waals surface area contributed by atoms with Crippen LogP contribution in [0.2, 0.25) is 0 Å². The van der Waals surface area contributed by atoms with Crippen molar-refractivity contribution in [2.75, 3.05) is 0 Å². The third kappa shape index (κ3) is 2.04. The molecule has 1 aliphatic carbocycles. The Morgan fingerprint density at radius 3 is 2.67 bits per heavy atom. The fourth-order valence-corrected chi connectivity index (χ4v) is 4.79. The van der Waals surface area contributed by atoms with E-state index in [0.29, 0.717) is 17.5 Å². The normalized spacial score (nSPS) is 20.2. The Labute approximate surface area is 129 Å². The summed E-state index contributed by atoms with van der Waals surface area (Å²) >= 11 is 1.98. The maximum absolute atomic E-state index is 12.6. The van der Waals surface area contributed by atoms with E-state index in [9.17, 15) is 4.79 Å². The lowest BCUT2D eigenvalue weighted by molar-refractivity contribution is 0.0973. The van der Waals surface area contributed by atoms with Gasteiger partial charge in [-0.3, -0.25) is 4.79 Å². The summed E-state index contributed by atoms with van der Waals surface area (Å²) in [7, 11) is 0. The number of ketones is 1. The Balaban J connectivity index is 2.07. The molecule has 0 N–H and O–H groups in total. The molecule has 0 fully saturated rings. The molecule has 1 aliphatic heterocycles. The van der Waals surface area contributed by atoms with E-state index in [-0.39, 0.29) is 0 Å². The predicted octanol–water partition coefficient (Wildman–Crippen LogP) is 5.18. The molecule has 0 aromatic heterocycles. The summed E-state index contributed by atoms with van der Waals surface area (Å²) in [6.45, 7) is 2.27. The first-order valence-corrected chi connectivity index (χ1v) is 8.69. The average molecular weight is 294 g/mol. The van der Waals surface area contributed by atoms with Gasteiger partial charge < -0.3 is 0 Å². The van der Waals surface area contributed by atoms with E-state index in [0.717, 1.165) is 24.2 Å². The van der Waals surface area contributed by atoms with Crippen LogP contribution in [0.15, 0.2) is 36.4 Å². The molecule has 1 heterocycles. The van der Waals surface area contributed by atoms with Crippen LogP contribution in [0.5, 0.6) is 0 Å². The minimum atomic E-state index is 0.335. The lowest BCUT2D eigenvalue weighted by Gasteiger charge is -2.23. The molecule has 0 saturated heterocycles. The van der Waals surface area contributed by atoms with Crippen LogP contribution in [0.4, 0.5) is 0 Å². The number of thioether (sulfide) groups is 1. The van der Waals surface area contributed by atoms with Crippen molar-refractivity contribution in [2.24, 2.45) is 0 Å². The SMILES string of the molecule is CC1SCc2cc3c(c(-c4ccccc4)c21)C(=O)CCC3. The molecule has 4 rings (SSSR count). The van der Waals surface area contributed by atoms with Crippen LogP contribution in [-0.4, -0.2) is 5.78 Å². The number of rotatable bonds is 1. The average Bonchev–Trinajstić information content (AvgIpc) is 2.88. The highest BCUT2D eigenvalue weighted by Crippen LogP contribution is 2.49.